The molecule has 0 atom stereocenters. The van der Waals surface area contributed by atoms with Crippen LogP contribution in [-0.4, -0.2) is 23.5 Å². The lowest BCUT2D eigenvalue weighted by Crippen LogP contribution is -2.16. The quantitative estimate of drug-likeness (QED) is 0.179. The van der Waals surface area contributed by atoms with Gasteiger partial charge in [-0.2, -0.15) is 10.5 Å². The molecule has 0 spiro atoms. The Hall–Kier alpha value is -5.88. The first kappa shape index (κ1) is 32.1. The van der Waals surface area contributed by atoms with Gasteiger partial charge in [-0.3, -0.25) is 0 Å². The van der Waals surface area contributed by atoms with E-state index in [2.05, 4.69) is 0 Å². The van der Waals surface area contributed by atoms with Gasteiger partial charge in [0, 0.05) is 33.2 Å². The van der Waals surface area contributed by atoms with Crippen LogP contribution in [-0.2, 0) is 10.0 Å². The molecule has 6 rings (SSSR count). The number of fused-ring (bicyclic) bond motifs is 1. The van der Waals surface area contributed by atoms with Crippen molar-refractivity contribution in [2.45, 2.75) is 11.3 Å². The zero-order valence-electron chi connectivity index (χ0n) is 24.3. The van der Waals surface area contributed by atoms with Crippen molar-refractivity contribution in [3.63, 3.8) is 0 Å². The highest BCUT2D eigenvalue weighted by Crippen LogP contribution is 2.49. The molecule has 0 unspecified atom stereocenters. The van der Waals surface area contributed by atoms with E-state index in [1.54, 1.807) is 30.3 Å². The SMILES string of the molecule is N#Cc1cccc(C#N)c1-c1c(-c2c(C(=O)O)ccc(-c3ccccc3)c2Cl)n(S(=O)(=O)c2ccc(C(F)F)cc2)c2ccc(F)cc12. The van der Waals surface area contributed by atoms with Gasteiger partial charge in [0.15, 0.2) is 0 Å². The lowest BCUT2D eigenvalue weighted by Gasteiger charge is -2.19. The summed E-state index contributed by atoms with van der Waals surface area (Å²) in [6.45, 7) is 0. The molecule has 0 bridgehead atoms. The Morgan fingerprint density at radius 1 is 0.812 bits per heavy atom. The molecule has 0 aliphatic carbocycles. The van der Waals surface area contributed by atoms with Gasteiger partial charge in [0.05, 0.1) is 50.0 Å². The smallest absolute Gasteiger partial charge is 0.336 e. The van der Waals surface area contributed by atoms with Crippen LogP contribution in [0, 0.1) is 28.5 Å². The number of carboxylic acid groups (broad SMARTS) is 1. The van der Waals surface area contributed by atoms with Crippen LogP contribution < -0.4 is 0 Å². The first-order valence-corrected chi connectivity index (χ1v) is 15.8. The Bertz CT molecular complexity index is 2440. The second-order valence-electron chi connectivity index (χ2n) is 10.5. The zero-order valence-corrected chi connectivity index (χ0v) is 25.9. The summed E-state index contributed by atoms with van der Waals surface area (Å²) in [5.74, 6) is -2.30. The molecule has 1 heterocycles. The molecule has 12 heteroatoms. The Kier molecular flexibility index (Phi) is 8.27. The lowest BCUT2D eigenvalue weighted by atomic mass is 9.89. The van der Waals surface area contributed by atoms with Gasteiger partial charge < -0.3 is 5.11 Å². The van der Waals surface area contributed by atoms with E-state index in [1.165, 1.54) is 30.3 Å². The number of hydrogen-bond donors (Lipinski definition) is 1. The highest BCUT2D eigenvalue weighted by Gasteiger charge is 2.34. The van der Waals surface area contributed by atoms with Crippen LogP contribution in [0.2, 0.25) is 5.02 Å². The number of aromatic carboxylic acids is 1. The molecule has 0 saturated heterocycles. The highest BCUT2D eigenvalue weighted by atomic mass is 35.5. The summed E-state index contributed by atoms with van der Waals surface area (Å²) >= 11 is 7.06. The van der Waals surface area contributed by atoms with E-state index in [0.29, 0.717) is 11.1 Å². The number of aromatic nitrogens is 1. The summed E-state index contributed by atoms with van der Waals surface area (Å²) < 4.78 is 72.0. The fraction of sp³-hybridized carbons (Fsp3) is 0.0278. The van der Waals surface area contributed by atoms with E-state index in [9.17, 15) is 37.6 Å². The van der Waals surface area contributed by atoms with Crippen molar-refractivity contribution in [2.75, 3.05) is 0 Å². The van der Waals surface area contributed by atoms with Gasteiger partial charge in [0.25, 0.3) is 16.4 Å². The molecular formula is C36H19ClF3N3O4S. The minimum absolute atomic E-state index is 0.0884. The highest BCUT2D eigenvalue weighted by molar-refractivity contribution is 7.90. The molecule has 1 aromatic heterocycles. The number of halogens is 4. The average molecular weight is 682 g/mol. The Labute approximate surface area is 277 Å². The van der Waals surface area contributed by atoms with Crippen LogP contribution in [0.25, 0.3) is 44.4 Å². The molecule has 0 fully saturated rings. The normalized spacial score (nSPS) is 11.4. The number of benzene rings is 5. The minimum Gasteiger partial charge on any atom is -0.478 e. The maximum absolute atomic E-state index is 15.1. The maximum atomic E-state index is 15.1. The van der Waals surface area contributed by atoms with Gasteiger partial charge in [-0.05, 0) is 54.1 Å². The number of alkyl halides is 2. The second kappa shape index (κ2) is 12.4. The largest absolute Gasteiger partial charge is 0.478 e. The minimum atomic E-state index is -4.83. The standard InChI is InChI=1S/C36H19ClF3N3O4S/c37-33-26(20-5-2-1-3-6-20)14-15-27(36(44)45)32(33)34-31(30-22(18-41)7-4-8-23(30)19-42)28-17-24(38)11-16-29(28)43(34)48(46,47)25-12-9-21(10-13-25)35(39)40/h1-17,35H,(H,44,45). The summed E-state index contributed by atoms with van der Waals surface area (Å²) in [6.07, 6.45) is -2.89. The second-order valence-corrected chi connectivity index (χ2v) is 12.7. The third-order valence-corrected chi connectivity index (χ3v) is 9.93. The first-order valence-electron chi connectivity index (χ1n) is 14.0. The van der Waals surface area contributed by atoms with Crippen LogP contribution in [0.5, 0.6) is 0 Å². The fourth-order valence-electron chi connectivity index (χ4n) is 5.69. The monoisotopic (exact) mass is 681 g/mol. The number of nitrogens with zero attached hydrogens (tertiary/aromatic N) is 3. The summed E-state index contributed by atoms with van der Waals surface area (Å²) in [5.41, 5.74) is -1.29. The van der Waals surface area contributed by atoms with E-state index in [-0.39, 0.29) is 49.4 Å². The van der Waals surface area contributed by atoms with Crippen molar-refractivity contribution in [3.8, 4) is 45.6 Å². The topological polar surface area (TPSA) is 124 Å². The number of rotatable bonds is 7. The zero-order chi connectivity index (χ0) is 34.3. The average Bonchev–Trinajstić information content (AvgIpc) is 3.41. The van der Waals surface area contributed by atoms with E-state index in [4.69, 9.17) is 11.6 Å². The summed E-state index contributed by atoms with van der Waals surface area (Å²) in [6, 6.07) is 26.4. The van der Waals surface area contributed by atoms with Crippen LogP contribution >= 0.6 is 11.6 Å². The number of hydrogen-bond acceptors (Lipinski definition) is 5. The van der Waals surface area contributed by atoms with Crippen LogP contribution in [0.15, 0.2) is 108 Å². The molecule has 0 aliphatic rings. The molecule has 5 aromatic carbocycles. The predicted molar refractivity (Wildman–Crippen MR) is 174 cm³/mol. The Balaban J connectivity index is 1.89. The summed E-state index contributed by atoms with van der Waals surface area (Å²) in [5, 5.41) is 30.5. The number of carboxylic acids is 1. The van der Waals surface area contributed by atoms with Crippen LogP contribution in [0.1, 0.15) is 33.5 Å². The number of nitriles is 2. The molecule has 0 amide bonds. The van der Waals surface area contributed by atoms with Gasteiger partial charge in [-0.15, -0.1) is 0 Å². The molecular weight excluding hydrogens is 663 g/mol. The molecule has 236 valence electrons. The van der Waals surface area contributed by atoms with E-state index < -0.39 is 44.3 Å². The molecule has 0 aliphatic heterocycles. The van der Waals surface area contributed by atoms with Crippen molar-refractivity contribution in [1.29, 1.82) is 10.5 Å². The molecule has 48 heavy (non-hydrogen) atoms. The predicted octanol–water partition coefficient (Wildman–Crippen LogP) is 9.05. The third-order valence-electron chi connectivity index (χ3n) is 7.81. The van der Waals surface area contributed by atoms with E-state index >= 15 is 4.39 Å². The molecule has 1 N–H and O–H groups in total. The van der Waals surface area contributed by atoms with E-state index in [0.717, 1.165) is 46.4 Å². The lowest BCUT2D eigenvalue weighted by molar-refractivity contribution is 0.0697. The Morgan fingerprint density at radius 3 is 2.04 bits per heavy atom. The molecule has 0 radical (unpaired) electrons. The van der Waals surface area contributed by atoms with Crippen molar-refractivity contribution >= 4 is 38.5 Å². The van der Waals surface area contributed by atoms with Gasteiger partial charge in [-0.1, -0.05) is 66.2 Å². The summed E-state index contributed by atoms with van der Waals surface area (Å²) in [4.78, 5) is 12.4. The summed E-state index contributed by atoms with van der Waals surface area (Å²) in [7, 11) is -4.83. The van der Waals surface area contributed by atoms with Gasteiger partial charge in [0.2, 0.25) is 0 Å². The number of carbonyl (C=O) groups is 1. The fourth-order valence-corrected chi connectivity index (χ4v) is 7.58. The Morgan fingerprint density at radius 2 is 1.46 bits per heavy atom. The first-order chi connectivity index (χ1) is 23.0. The van der Waals surface area contributed by atoms with Crippen LogP contribution in [0.3, 0.4) is 0 Å². The molecule has 7 nitrogen and oxygen atoms in total. The van der Waals surface area contributed by atoms with Gasteiger partial charge in [-0.25, -0.2) is 30.4 Å². The third kappa shape index (κ3) is 5.25. The molecule has 6 aromatic rings. The van der Waals surface area contributed by atoms with Crippen LogP contribution in [0.4, 0.5) is 13.2 Å². The van der Waals surface area contributed by atoms with Crippen molar-refractivity contribution in [1.82, 2.24) is 3.97 Å². The van der Waals surface area contributed by atoms with E-state index in [1.807, 2.05) is 12.1 Å². The van der Waals surface area contributed by atoms with Gasteiger partial charge in [0.1, 0.15) is 5.82 Å². The van der Waals surface area contributed by atoms with Crippen molar-refractivity contribution < 1.29 is 31.5 Å². The maximum Gasteiger partial charge on any atom is 0.336 e. The van der Waals surface area contributed by atoms with Crippen molar-refractivity contribution in [2.24, 2.45) is 0 Å². The molecule has 0 saturated carbocycles. The van der Waals surface area contributed by atoms with Crippen molar-refractivity contribution in [3.05, 3.63) is 136 Å². The van der Waals surface area contributed by atoms with Gasteiger partial charge >= 0.3 is 5.97 Å².